The summed E-state index contributed by atoms with van der Waals surface area (Å²) in [5.41, 5.74) is 8.32. The Hall–Kier alpha value is -3.55. The summed E-state index contributed by atoms with van der Waals surface area (Å²) in [6.07, 6.45) is 1.42. The van der Waals surface area contributed by atoms with E-state index >= 15 is 0 Å². The number of amides is 3. The summed E-state index contributed by atoms with van der Waals surface area (Å²) in [5, 5.41) is 0.142. The Bertz CT molecular complexity index is 1210. The van der Waals surface area contributed by atoms with E-state index in [1.165, 1.54) is 17.2 Å². The van der Waals surface area contributed by atoms with Crippen LogP contribution < -0.4 is 5.73 Å². The Morgan fingerprint density at radius 2 is 1.72 bits per heavy atom. The van der Waals surface area contributed by atoms with Gasteiger partial charge in [-0.25, -0.2) is 4.98 Å². The van der Waals surface area contributed by atoms with Crippen LogP contribution in [0.4, 0.5) is 0 Å². The number of fused-ring (bicyclic) bond motifs is 1. The molecule has 2 N–H and O–H groups in total. The van der Waals surface area contributed by atoms with Crippen molar-refractivity contribution < 1.29 is 14.4 Å². The van der Waals surface area contributed by atoms with Gasteiger partial charge in [0.15, 0.2) is 0 Å². The number of likely N-dealkylation sites (N-methyl/N-ethyl adjacent to an activating group) is 1. The number of hydrogen-bond acceptors (Lipinski definition) is 5. The van der Waals surface area contributed by atoms with Crippen LogP contribution >= 0.6 is 11.6 Å². The van der Waals surface area contributed by atoms with E-state index in [2.05, 4.69) is 4.98 Å². The molecule has 0 fully saturated rings. The van der Waals surface area contributed by atoms with Gasteiger partial charge in [-0.2, -0.15) is 0 Å². The maximum atomic E-state index is 13.2. The topological polar surface area (TPSA) is 96.6 Å². The second-order valence-corrected chi connectivity index (χ2v) is 8.18. The number of primary amides is 1. The zero-order valence-electron chi connectivity index (χ0n) is 17.6. The van der Waals surface area contributed by atoms with Gasteiger partial charge in [-0.15, -0.1) is 0 Å². The van der Waals surface area contributed by atoms with E-state index in [4.69, 9.17) is 17.3 Å². The number of pyridine rings is 1. The molecule has 4 rings (SSSR count). The van der Waals surface area contributed by atoms with Crippen LogP contribution in [0.2, 0.25) is 5.15 Å². The van der Waals surface area contributed by atoms with Gasteiger partial charge < -0.3 is 10.6 Å². The van der Waals surface area contributed by atoms with E-state index in [9.17, 15) is 14.4 Å². The number of carbonyl (C=O) groups excluding carboxylic acids is 3. The van der Waals surface area contributed by atoms with Gasteiger partial charge in [0, 0.05) is 18.3 Å². The molecule has 32 heavy (non-hydrogen) atoms. The quantitative estimate of drug-likeness (QED) is 0.460. The second-order valence-electron chi connectivity index (χ2n) is 7.82. The highest BCUT2D eigenvalue weighted by atomic mass is 35.5. The summed E-state index contributed by atoms with van der Waals surface area (Å²) in [4.78, 5) is 45.6. The van der Waals surface area contributed by atoms with E-state index in [1.54, 1.807) is 36.4 Å². The van der Waals surface area contributed by atoms with Crippen molar-refractivity contribution in [1.82, 2.24) is 14.8 Å². The Balaban J connectivity index is 1.82. The number of halogens is 1. The van der Waals surface area contributed by atoms with E-state index < -0.39 is 11.9 Å². The van der Waals surface area contributed by atoms with E-state index in [0.717, 1.165) is 5.56 Å². The SMILES string of the molecule is CN(C)CC(c1cccc(-c2c(C(N)=O)ccnc2Cl)c1)N1C(=O)c2ccccc2C1=O. The third-order valence-electron chi connectivity index (χ3n) is 5.41. The molecular formula is C24H21ClN4O3. The molecule has 0 saturated carbocycles. The standard InChI is InChI=1S/C24H21ClN4O3/c1-28(2)13-19(29-23(31)16-8-3-4-9-17(16)24(29)32)14-6-5-7-15(12-14)20-18(22(26)30)10-11-27-21(20)25/h3-12,19H,13H2,1-2H3,(H2,26,30). The van der Waals surface area contributed by atoms with Crippen LogP contribution in [0, 0.1) is 0 Å². The number of aromatic nitrogens is 1. The Labute approximate surface area is 190 Å². The molecule has 0 aliphatic carbocycles. The molecule has 0 spiro atoms. The lowest BCUT2D eigenvalue weighted by Gasteiger charge is -2.29. The predicted molar refractivity (Wildman–Crippen MR) is 121 cm³/mol. The van der Waals surface area contributed by atoms with Crippen LogP contribution in [0.1, 0.15) is 42.7 Å². The highest BCUT2D eigenvalue weighted by Gasteiger charge is 2.40. The van der Waals surface area contributed by atoms with Crippen LogP contribution in [0.3, 0.4) is 0 Å². The normalized spacial score (nSPS) is 14.1. The van der Waals surface area contributed by atoms with Crippen molar-refractivity contribution >= 4 is 29.3 Å². The molecule has 162 valence electrons. The largest absolute Gasteiger partial charge is 0.366 e. The molecule has 1 aliphatic rings. The van der Waals surface area contributed by atoms with Gasteiger partial charge in [0.05, 0.1) is 22.7 Å². The minimum atomic E-state index is -0.625. The van der Waals surface area contributed by atoms with E-state index in [0.29, 0.717) is 28.8 Å². The third kappa shape index (κ3) is 3.77. The van der Waals surface area contributed by atoms with E-state index in [-0.39, 0.29) is 22.5 Å². The summed E-state index contributed by atoms with van der Waals surface area (Å²) in [7, 11) is 3.75. The lowest BCUT2D eigenvalue weighted by Crippen LogP contribution is -2.39. The Kier molecular flexibility index (Phi) is 5.78. The smallest absolute Gasteiger partial charge is 0.262 e. The summed E-state index contributed by atoms with van der Waals surface area (Å²) >= 11 is 6.31. The van der Waals surface area contributed by atoms with Crippen LogP contribution in [0.5, 0.6) is 0 Å². The van der Waals surface area contributed by atoms with Crippen molar-refractivity contribution in [2.24, 2.45) is 5.73 Å². The molecule has 2 heterocycles. The van der Waals surface area contributed by atoms with Crippen LogP contribution in [0.25, 0.3) is 11.1 Å². The lowest BCUT2D eigenvalue weighted by atomic mass is 9.96. The van der Waals surface area contributed by atoms with Gasteiger partial charge >= 0.3 is 0 Å². The molecule has 1 aromatic heterocycles. The third-order valence-corrected chi connectivity index (χ3v) is 5.69. The van der Waals surface area contributed by atoms with Crippen molar-refractivity contribution in [3.8, 4) is 11.1 Å². The summed E-state index contributed by atoms with van der Waals surface area (Å²) in [6, 6.07) is 15.0. The summed E-state index contributed by atoms with van der Waals surface area (Å²) in [6.45, 7) is 0.415. The number of nitrogens with two attached hydrogens (primary N) is 1. The molecule has 3 aromatic rings. The maximum absolute atomic E-state index is 13.2. The zero-order chi connectivity index (χ0) is 23.0. The van der Waals surface area contributed by atoms with Gasteiger partial charge in [-0.05, 0) is 49.5 Å². The van der Waals surface area contributed by atoms with Crippen molar-refractivity contribution in [2.75, 3.05) is 20.6 Å². The average Bonchev–Trinajstić information content (AvgIpc) is 3.02. The fraction of sp³-hybridized carbons (Fsp3) is 0.167. The van der Waals surface area contributed by atoms with Crippen molar-refractivity contribution in [3.63, 3.8) is 0 Å². The van der Waals surface area contributed by atoms with E-state index in [1.807, 2.05) is 31.1 Å². The van der Waals surface area contributed by atoms with Gasteiger partial charge in [0.2, 0.25) is 5.91 Å². The predicted octanol–water partition coefficient (Wildman–Crippen LogP) is 3.40. The first-order valence-electron chi connectivity index (χ1n) is 9.96. The molecule has 7 nitrogen and oxygen atoms in total. The number of benzene rings is 2. The fourth-order valence-corrected chi connectivity index (χ4v) is 4.26. The minimum absolute atomic E-state index is 0.142. The summed E-state index contributed by atoms with van der Waals surface area (Å²) in [5.74, 6) is -1.29. The molecule has 3 amide bonds. The number of rotatable bonds is 6. The first-order valence-corrected chi connectivity index (χ1v) is 10.3. The van der Waals surface area contributed by atoms with Crippen molar-refractivity contribution in [3.05, 3.63) is 88.2 Å². The van der Waals surface area contributed by atoms with Gasteiger partial charge in [-0.1, -0.05) is 41.9 Å². The lowest BCUT2D eigenvalue weighted by molar-refractivity contribution is 0.0557. The van der Waals surface area contributed by atoms with Crippen molar-refractivity contribution in [1.29, 1.82) is 0 Å². The molecule has 2 aromatic carbocycles. The number of carbonyl (C=O) groups is 3. The fourth-order valence-electron chi connectivity index (χ4n) is 3.99. The average molecular weight is 449 g/mol. The molecule has 0 saturated heterocycles. The molecule has 0 radical (unpaired) electrons. The first-order chi connectivity index (χ1) is 15.3. The molecule has 1 aliphatic heterocycles. The first kappa shape index (κ1) is 21.7. The molecule has 1 unspecified atom stereocenters. The second kappa shape index (κ2) is 8.53. The van der Waals surface area contributed by atoms with Gasteiger partial charge in [0.25, 0.3) is 11.8 Å². The number of nitrogens with zero attached hydrogens (tertiary/aromatic N) is 3. The van der Waals surface area contributed by atoms with Gasteiger partial charge in [0.1, 0.15) is 5.15 Å². The monoisotopic (exact) mass is 448 g/mol. The number of imide groups is 1. The van der Waals surface area contributed by atoms with Crippen LogP contribution in [0.15, 0.2) is 60.8 Å². The van der Waals surface area contributed by atoms with Crippen molar-refractivity contribution in [2.45, 2.75) is 6.04 Å². The van der Waals surface area contributed by atoms with Gasteiger partial charge in [-0.3, -0.25) is 19.3 Å². The minimum Gasteiger partial charge on any atom is -0.366 e. The Morgan fingerprint density at radius 1 is 1.06 bits per heavy atom. The molecule has 8 heteroatoms. The molecular weight excluding hydrogens is 428 g/mol. The molecule has 1 atom stereocenters. The van der Waals surface area contributed by atoms with Crippen LogP contribution in [-0.4, -0.2) is 53.1 Å². The Morgan fingerprint density at radius 3 is 2.31 bits per heavy atom. The molecule has 0 bridgehead atoms. The number of hydrogen-bond donors (Lipinski definition) is 1. The maximum Gasteiger partial charge on any atom is 0.262 e. The summed E-state index contributed by atoms with van der Waals surface area (Å²) < 4.78 is 0. The zero-order valence-corrected chi connectivity index (χ0v) is 18.3. The highest BCUT2D eigenvalue weighted by Crippen LogP contribution is 2.35. The highest BCUT2D eigenvalue weighted by molar-refractivity contribution is 6.33. The van der Waals surface area contributed by atoms with Crippen LogP contribution in [-0.2, 0) is 0 Å².